The van der Waals surface area contributed by atoms with E-state index < -0.39 is 0 Å². The summed E-state index contributed by atoms with van der Waals surface area (Å²) >= 11 is 1.60. The van der Waals surface area contributed by atoms with Crippen molar-refractivity contribution in [3.63, 3.8) is 0 Å². The third-order valence-corrected chi connectivity index (χ3v) is 6.57. The zero-order valence-corrected chi connectivity index (χ0v) is 20.1. The lowest BCUT2D eigenvalue weighted by molar-refractivity contribution is -0.138. The second kappa shape index (κ2) is 11.8. The quantitative estimate of drug-likeness (QED) is 0.521. The van der Waals surface area contributed by atoms with E-state index in [1.54, 1.807) is 23.5 Å². The van der Waals surface area contributed by atoms with Gasteiger partial charge in [0.05, 0.1) is 10.7 Å². The Morgan fingerprint density at radius 3 is 2.72 bits per heavy atom. The number of piperidine rings is 1. The molecule has 0 atom stereocenters. The maximum absolute atomic E-state index is 12.7. The fourth-order valence-electron chi connectivity index (χ4n) is 3.81. The normalized spacial score (nSPS) is 14.7. The fourth-order valence-corrected chi connectivity index (χ4v) is 4.40. The van der Waals surface area contributed by atoms with E-state index in [2.05, 4.69) is 11.9 Å². The van der Waals surface area contributed by atoms with Crippen molar-refractivity contribution in [1.82, 2.24) is 14.8 Å². The van der Waals surface area contributed by atoms with Crippen molar-refractivity contribution < 1.29 is 14.3 Å². The van der Waals surface area contributed by atoms with Crippen LogP contribution >= 0.6 is 11.3 Å². The van der Waals surface area contributed by atoms with Gasteiger partial charge in [-0.1, -0.05) is 31.5 Å². The molecule has 32 heavy (non-hydrogen) atoms. The van der Waals surface area contributed by atoms with Crippen LogP contribution in [0.2, 0.25) is 0 Å². The molecule has 1 saturated heterocycles. The standard InChI is InChI=1S/C25H33N3O3S/c1-4-5-14-27(3)25(30)21-12-15-28(16-13-21)24(29)11-10-20-8-6-7-9-23(20)31-17-22-18-32-19(2)26-22/h6-11,18,21H,4-5,12-17H2,1-3H3/b11-10+. The number of ether oxygens (including phenoxy) is 1. The van der Waals surface area contributed by atoms with Gasteiger partial charge in [-0.3, -0.25) is 9.59 Å². The third-order valence-electron chi connectivity index (χ3n) is 5.75. The van der Waals surface area contributed by atoms with Crippen molar-refractivity contribution >= 4 is 29.2 Å². The van der Waals surface area contributed by atoms with E-state index in [0.717, 1.165) is 54.2 Å². The Labute approximate surface area is 194 Å². The largest absolute Gasteiger partial charge is 0.487 e. The molecule has 0 aliphatic carbocycles. The number of likely N-dealkylation sites (tertiary alicyclic amines) is 1. The van der Waals surface area contributed by atoms with Crippen LogP contribution in [-0.4, -0.2) is 53.3 Å². The van der Waals surface area contributed by atoms with Crippen molar-refractivity contribution in [1.29, 1.82) is 0 Å². The molecule has 172 valence electrons. The van der Waals surface area contributed by atoms with Gasteiger partial charge in [-0.15, -0.1) is 11.3 Å². The van der Waals surface area contributed by atoms with Gasteiger partial charge in [0.15, 0.2) is 0 Å². The molecule has 1 fully saturated rings. The van der Waals surface area contributed by atoms with Crippen LogP contribution in [0.4, 0.5) is 0 Å². The lowest BCUT2D eigenvalue weighted by atomic mass is 9.95. The number of hydrogen-bond acceptors (Lipinski definition) is 5. The Kier molecular flexibility index (Phi) is 8.85. The molecular formula is C25H33N3O3S. The molecule has 1 aromatic heterocycles. The van der Waals surface area contributed by atoms with Gasteiger partial charge in [0, 0.05) is 49.6 Å². The van der Waals surface area contributed by atoms with Crippen LogP contribution in [0.5, 0.6) is 5.75 Å². The predicted molar refractivity (Wildman–Crippen MR) is 129 cm³/mol. The number of benzene rings is 1. The first-order valence-electron chi connectivity index (χ1n) is 11.3. The van der Waals surface area contributed by atoms with Crippen LogP contribution in [0, 0.1) is 12.8 Å². The van der Waals surface area contributed by atoms with Gasteiger partial charge in [0.25, 0.3) is 0 Å². The topological polar surface area (TPSA) is 62.7 Å². The van der Waals surface area contributed by atoms with E-state index in [0.29, 0.717) is 19.7 Å². The molecule has 7 heteroatoms. The van der Waals surface area contributed by atoms with E-state index in [1.807, 2.05) is 53.4 Å². The van der Waals surface area contributed by atoms with E-state index in [4.69, 9.17) is 4.74 Å². The highest BCUT2D eigenvalue weighted by Gasteiger charge is 2.28. The summed E-state index contributed by atoms with van der Waals surface area (Å²) in [7, 11) is 1.88. The van der Waals surface area contributed by atoms with Crippen LogP contribution in [0.1, 0.15) is 48.9 Å². The predicted octanol–water partition coefficient (Wildman–Crippen LogP) is 4.54. The zero-order chi connectivity index (χ0) is 22.9. The Balaban J connectivity index is 1.52. The summed E-state index contributed by atoms with van der Waals surface area (Å²) in [4.78, 5) is 33.4. The SMILES string of the molecule is CCCCN(C)C(=O)C1CCN(C(=O)/C=C/c2ccccc2OCc2csc(C)n2)CC1. The number of nitrogens with zero attached hydrogens (tertiary/aromatic N) is 3. The number of hydrogen-bond donors (Lipinski definition) is 0. The van der Waals surface area contributed by atoms with E-state index >= 15 is 0 Å². The van der Waals surface area contributed by atoms with Crippen LogP contribution < -0.4 is 4.74 Å². The Morgan fingerprint density at radius 2 is 2.03 bits per heavy atom. The Bertz CT molecular complexity index is 932. The molecule has 0 unspecified atom stereocenters. The number of amides is 2. The number of rotatable bonds is 9. The zero-order valence-electron chi connectivity index (χ0n) is 19.3. The summed E-state index contributed by atoms with van der Waals surface area (Å²) in [6.07, 6.45) is 6.96. The summed E-state index contributed by atoms with van der Waals surface area (Å²) in [5, 5.41) is 3.01. The molecule has 1 aliphatic rings. The lowest BCUT2D eigenvalue weighted by Gasteiger charge is -2.32. The average molecular weight is 456 g/mol. The maximum Gasteiger partial charge on any atom is 0.246 e. The minimum absolute atomic E-state index is 0.0216. The summed E-state index contributed by atoms with van der Waals surface area (Å²) in [6.45, 7) is 6.53. The number of carbonyl (C=O) groups is 2. The van der Waals surface area contributed by atoms with E-state index in [1.165, 1.54) is 0 Å². The van der Waals surface area contributed by atoms with Crippen molar-refractivity contribution in [3.8, 4) is 5.75 Å². The van der Waals surface area contributed by atoms with Crippen molar-refractivity contribution in [2.45, 2.75) is 46.1 Å². The average Bonchev–Trinajstić information content (AvgIpc) is 3.24. The molecular weight excluding hydrogens is 422 g/mol. The van der Waals surface area contributed by atoms with Crippen LogP contribution in [0.3, 0.4) is 0 Å². The van der Waals surface area contributed by atoms with Gasteiger partial charge in [-0.25, -0.2) is 4.98 Å². The van der Waals surface area contributed by atoms with Gasteiger partial charge >= 0.3 is 0 Å². The number of aryl methyl sites for hydroxylation is 1. The molecule has 6 nitrogen and oxygen atoms in total. The molecule has 1 aliphatic heterocycles. The minimum Gasteiger partial charge on any atom is -0.487 e. The Morgan fingerprint density at radius 1 is 1.28 bits per heavy atom. The van der Waals surface area contributed by atoms with Gasteiger partial charge in [-0.2, -0.15) is 0 Å². The van der Waals surface area contributed by atoms with Gasteiger partial charge in [-0.05, 0) is 38.3 Å². The third kappa shape index (κ3) is 6.66. The highest BCUT2D eigenvalue weighted by molar-refractivity contribution is 7.09. The number of thiazole rings is 1. The molecule has 0 N–H and O–H groups in total. The van der Waals surface area contributed by atoms with Gasteiger partial charge in [0.1, 0.15) is 12.4 Å². The van der Waals surface area contributed by atoms with Gasteiger partial charge in [0.2, 0.25) is 11.8 Å². The first-order chi connectivity index (χ1) is 15.5. The Hall–Kier alpha value is -2.67. The summed E-state index contributed by atoms with van der Waals surface area (Å²) in [6, 6.07) is 7.67. The van der Waals surface area contributed by atoms with Crippen LogP contribution in [0.25, 0.3) is 6.08 Å². The molecule has 0 radical (unpaired) electrons. The smallest absolute Gasteiger partial charge is 0.246 e. The maximum atomic E-state index is 12.7. The molecule has 0 spiro atoms. The van der Waals surface area contributed by atoms with E-state index in [9.17, 15) is 9.59 Å². The number of para-hydroxylation sites is 1. The summed E-state index contributed by atoms with van der Waals surface area (Å²) in [5.74, 6) is 0.928. The van der Waals surface area contributed by atoms with Crippen LogP contribution in [0.15, 0.2) is 35.7 Å². The van der Waals surface area contributed by atoms with Crippen molar-refractivity contribution in [2.75, 3.05) is 26.7 Å². The van der Waals surface area contributed by atoms with Crippen molar-refractivity contribution in [3.05, 3.63) is 52.0 Å². The first kappa shape index (κ1) is 24.0. The first-order valence-corrected chi connectivity index (χ1v) is 12.2. The highest BCUT2D eigenvalue weighted by Crippen LogP contribution is 2.23. The van der Waals surface area contributed by atoms with Crippen molar-refractivity contribution in [2.24, 2.45) is 5.92 Å². The molecule has 0 saturated carbocycles. The number of aromatic nitrogens is 1. The summed E-state index contributed by atoms with van der Waals surface area (Å²) < 4.78 is 5.93. The molecule has 2 heterocycles. The monoisotopic (exact) mass is 455 g/mol. The summed E-state index contributed by atoms with van der Waals surface area (Å²) in [5.41, 5.74) is 1.76. The second-order valence-corrected chi connectivity index (χ2v) is 9.29. The fraction of sp³-hybridized carbons (Fsp3) is 0.480. The second-order valence-electron chi connectivity index (χ2n) is 8.23. The highest BCUT2D eigenvalue weighted by atomic mass is 32.1. The minimum atomic E-state index is -0.0276. The molecule has 2 amide bonds. The van der Waals surface area contributed by atoms with Gasteiger partial charge < -0.3 is 14.5 Å². The molecule has 1 aromatic carbocycles. The number of unbranched alkanes of at least 4 members (excludes halogenated alkanes) is 1. The molecule has 0 bridgehead atoms. The lowest BCUT2D eigenvalue weighted by Crippen LogP contribution is -2.43. The molecule has 2 aromatic rings. The van der Waals surface area contributed by atoms with E-state index in [-0.39, 0.29) is 17.7 Å². The van der Waals surface area contributed by atoms with Crippen LogP contribution in [-0.2, 0) is 16.2 Å². The number of carbonyl (C=O) groups excluding carboxylic acids is 2. The molecule has 3 rings (SSSR count).